The maximum absolute atomic E-state index is 11.2. The van der Waals surface area contributed by atoms with Crippen LogP contribution in [0.25, 0.3) is 0 Å². The summed E-state index contributed by atoms with van der Waals surface area (Å²) in [6.07, 6.45) is 2.46. The first-order chi connectivity index (χ1) is 7.78. The molecule has 100 valence electrons. The van der Waals surface area contributed by atoms with Gasteiger partial charge in [-0.3, -0.25) is 4.79 Å². The Bertz CT molecular complexity index is 249. The first-order valence-corrected chi connectivity index (χ1v) is 6.72. The molecular formula is C14H28N2O. The van der Waals surface area contributed by atoms with Crippen molar-refractivity contribution in [2.75, 3.05) is 33.2 Å². The fourth-order valence-electron chi connectivity index (χ4n) is 2.51. The number of likely N-dealkylation sites (tertiary alicyclic amines) is 1. The number of carbonyl (C=O) groups is 1. The predicted octanol–water partition coefficient (Wildman–Crippen LogP) is 2.22. The summed E-state index contributed by atoms with van der Waals surface area (Å²) >= 11 is 0. The molecule has 1 heterocycles. The van der Waals surface area contributed by atoms with Crippen LogP contribution in [-0.2, 0) is 4.79 Å². The summed E-state index contributed by atoms with van der Waals surface area (Å²) < 4.78 is 0. The normalized spacial score (nSPS) is 19.4. The van der Waals surface area contributed by atoms with Crippen LogP contribution < -0.4 is 0 Å². The molecule has 0 saturated carbocycles. The Morgan fingerprint density at radius 1 is 1.29 bits per heavy atom. The second kappa shape index (κ2) is 5.85. The SMILES string of the molecule is CC(=O)N(C)CC1CCN(CC(C)(C)C)CC1. The Hall–Kier alpha value is -0.570. The second-order valence-corrected chi connectivity index (χ2v) is 6.68. The average molecular weight is 240 g/mol. The zero-order chi connectivity index (χ0) is 13.1. The lowest BCUT2D eigenvalue weighted by Crippen LogP contribution is -2.41. The lowest BCUT2D eigenvalue weighted by molar-refractivity contribution is -0.128. The van der Waals surface area contributed by atoms with Crippen molar-refractivity contribution in [3.05, 3.63) is 0 Å². The van der Waals surface area contributed by atoms with E-state index in [0.717, 1.165) is 6.54 Å². The van der Waals surface area contributed by atoms with Crippen molar-refractivity contribution < 1.29 is 4.79 Å². The van der Waals surface area contributed by atoms with Gasteiger partial charge in [0.15, 0.2) is 0 Å². The molecule has 3 heteroatoms. The molecule has 1 fully saturated rings. The number of nitrogens with zero attached hydrogens (tertiary/aromatic N) is 2. The van der Waals surface area contributed by atoms with E-state index < -0.39 is 0 Å². The van der Waals surface area contributed by atoms with Crippen LogP contribution in [0.1, 0.15) is 40.5 Å². The highest BCUT2D eigenvalue weighted by molar-refractivity contribution is 5.72. The van der Waals surface area contributed by atoms with Gasteiger partial charge >= 0.3 is 0 Å². The van der Waals surface area contributed by atoms with Gasteiger partial charge in [0.2, 0.25) is 5.91 Å². The summed E-state index contributed by atoms with van der Waals surface area (Å²) in [4.78, 5) is 15.6. The number of hydrogen-bond donors (Lipinski definition) is 0. The van der Waals surface area contributed by atoms with Crippen molar-refractivity contribution in [1.29, 1.82) is 0 Å². The Balaban J connectivity index is 2.29. The van der Waals surface area contributed by atoms with Crippen LogP contribution in [0, 0.1) is 11.3 Å². The Morgan fingerprint density at radius 2 is 1.82 bits per heavy atom. The summed E-state index contributed by atoms with van der Waals surface area (Å²) in [6.45, 7) is 13.0. The zero-order valence-electron chi connectivity index (χ0n) is 12.1. The molecule has 0 N–H and O–H groups in total. The van der Waals surface area contributed by atoms with Gasteiger partial charge in [0, 0.05) is 27.1 Å². The highest BCUT2D eigenvalue weighted by atomic mass is 16.2. The molecule has 3 nitrogen and oxygen atoms in total. The third-order valence-corrected chi connectivity index (χ3v) is 3.47. The number of amides is 1. The van der Waals surface area contributed by atoms with Crippen molar-refractivity contribution in [2.45, 2.75) is 40.5 Å². The van der Waals surface area contributed by atoms with Crippen LogP contribution in [0.15, 0.2) is 0 Å². The fraction of sp³-hybridized carbons (Fsp3) is 0.929. The third-order valence-electron chi connectivity index (χ3n) is 3.47. The number of rotatable bonds is 3. The van der Waals surface area contributed by atoms with Crippen LogP contribution in [0.3, 0.4) is 0 Å². The van der Waals surface area contributed by atoms with Gasteiger partial charge in [0.25, 0.3) is 0 Å². The highest BCUT2D eigenvalue weighted by Gasteiger charge is 2.23. The lowest BCUT2D eigenvalue weighted by atomic mass is 9.92. The van der Waals surface area contributed by atoms with E-state index in [1.54, 1.807) is 6.92 Å². The molecule has 1 saturated heterocycles. The van der Waals surface area contributed by atoms with E-state index in [9.17, 15) is 4.79 Å². The first kappa shape index (κ1) is 14.5. The standard InChI is InChI=1S/C14H28N2O/c1-12(17)15(5)10-13-6-8-16(9-7-13)11-14(2,3)4/h13H,6-11H2,1-5H3. The van der Waals surface area contributed by atoms with Gasteiger partial charge in [-0.25, -0.2) is 0 Å². The number of piperidine rings is 1. The third kappa shape index (κ3) is 5.53. The Labute approximate surface area is 106 Å². The summed E-state index contributed by atoms with van der Waals surface area (Å²) in [5.74, 6) is 0.877. The summed E-state index contributed by atoms with van der Waals surface area (Å²) in [5.41, 5.74) is 0.392. The molecule has 0 bridgehead atoms. The van der Waals surface area contributed by atoms with Crippen molar-refractivity contribution in [3.63, 3.8) is 0 Å². The molecule has 0 aromatic heterocycles. The van der Waals surface area contributed by atoms with Gasteiger partial charge < -0.3 is 9.80 Å². The van der Waals surface area contributed by atoms with Gasteiger partial charge in [-0.15, -0.1) is 0 Å². The molecule has 0 aliphatic carbocycles. The second-order valence-electron chi connectivity index (χ2n) is 6.68. The minimum absolute atomic E-state index is 0.183. The minimum atomic E-state index is 0.183. The maximum atomic E-state index is 11.2. The maximum Gasteiger partial charge on any atom is 0.219 e. The van der Waals surface area contributed by atoms with E-state index in [-0.39, 0.29) is 5.91 Å². The van der Waals surface area contributed by atoms with Crippen molar-refractivity contribution in [2.24, 2.45) is 11.3 Å². The monoisotopic (exact) mass is 240 g/mol. The van der Waals surface area contributed by atoms with E-state index in [4.69, 9.17) is 0 Å². The zero-order valence-corrected chi connectivity index (χ0v) is 12.1. The van der Waals surface area contributed by atoms with Crippen LogP contribution in [0.2, 0.25) is 0 Å². The molecule has 0 atom stereocenters. The summed E-state index contributed by atoms with van der Waals surface area (Å²) in [5, 5.41) is 0. The van der Waals surface area contributed by atoms with E-state index in [2.05, 4.69) is 25.7 Å². The van der Waals surface area contributed by atoms with Crippen LogP contribution in [0.4, 0.5) is 0 Å². The van der Waals surface area contributed by atoms with E-state index >= 15 is 0 Å². The quantitative estimate of drug-likeness (QED) is 0.755. The van der Waals surface area contributed by atoms with Gasteiger partial charge in [-0.05, 0) is 37.3 Å². The molecule has 0 aromatic carbocycles. The van der Waals surface area contributed by atoms with Gasteiger partial charge in [0.1, 0.15) is 0 Å². The van der Waals surface area contributed by atoms with Crippen LogP contribution >= 0.6 is 0 Å². The van der Waals surface area contributed by atoms with Crippen LogP contribution in [-0.4, -0.2) is 48.9 Å². The molecule has 0 radical (unpaired) electrons. The average Bonchev–Trinajstić information content (AvgIpc) is 2.18. The fourth-order valence-corrected chi connectivity index (χ4v) is 2.51. The topological polar surface area (TPSA) is 23.6 Å². The molecule has 0 unspecified atom stereocenters. The smallest absolute Gasteiger partial charge is 0.219 e. The Kier molecular flexibility index (Phi) is 4.99. The summed E-state index contributed by atoms with van der Waals surface area (Å²) in [6, 6.07) is 0. The predicted molar refractivity (Wildman–Crippen MR) is 71.9 cm³/mol. The molecule has 0 spiro atoms. The van der Waals surface area contributed by atoms with Crippen LogP contribution in [0.5, 0.6) is 0 Å². The van der Waals surface area contributed by atoms with Crippen molar-refractivity contribution >= 4 is 5.91 Å². The molecule has 1 aliphatic heterocycles. The van der Waals surface area contributed by atoms with Gasteiger partial charge in [0.05, 0.1) is 0 Å². The molecule has 17 heavy (non-hydrogen) atoms. The largest absolute Gasteiger partial charge is 0.346 e. The van der Waals surface area contributed by atoms with E-state index in [1.165, 1.54) is 32.5 Å². The molecule has 1 amide bonds. The molecule has 0 aromatic rings. The number of hydrogen-bond acceptors (Lipinski definition) is 2. The first-order valence-electron chi connectivity index (χ1n) is 6.72. The summed E-state index contributed by atoms with van der Waals surface area (Å²) in [7, 11) is 1.91. The van der Waals surface area contributed by atoms with Gasteiger partial charge in [-0.2, -0.15) is 0 Å². The van der Waals surface area contributed by atoms with Crippen molar-refractivity contribution in [1.82, 2.24) is 9.80 Å². The van der Waals surface area contributed by atoms with E-state index in [0.29, 0.717) is 11.3 Å². The molecule has 1 aliphatic rings. The van der Waals surface area contributed by atoms with E-state index in [1.807, 2.05) is 11.9 Å². The Morgan fingerprint density at radius 3 is 2.24 bits per heavy atom. The lowest BCUT2D eigenvalue weighted by Gasteiger charge is -2.37. The highest BCUT2D eigenvalue weighted by Crippen LogP contribution is 2.22. The minimum Gasteiger partial charge on any atom is -0.346 e. The molecular weight excluding hydrogens is 212 g/mol. The number of carbonyl (C=O) groups excluding carboxylic acids is 1. The van der Waals surface area contributed by atoms with Gasteiger partial charge in [-0.1, -0.05) is 20.8 Å². The van der Waals surface area contributed by atoms with Crippen molar-refractivity contribution in [3.8, 4) is 0 Å². The molecule has 1 rings (SSSR count).